The average Bonchev–Trinajstić information content (AvgIpc) is 2.41. The lowest BCUT2D eigenvalue weighted by atomic mass is 9.95. The van der Waals surface area contributed by atoms with Gasteiger partial charge < -0.3 is 10.1 Å². The highest BCUT2D eigenvalue weighted by Crippen LogP contribution is 2.15. The summed E-state index contributed by atoms with van der Waals surface area (Å²) in [5.74, 6) is 0.851. The number of hydrogen-bond acceptors (Lipinski definition) is 4. The number of nitrogens with zero attached hydrogens (tertiary/aromatic N) is 2. The van der Waals surface area contributed by atoms with E-state index in [-0.39, 0.29) is 0 Å². The fourth-order valence-corrected chi connectivity index (χ4v) is 2.23. The third kappa shape index (κ3) is 4.79. The molecule has 4 nitrogen and oxygen atoms in total. The van der Waals surface area contributed by atoms with Gasteiger partial charge in [-0.1, -0.05) is 0 Å². The van der Waals surface area contributed by atoms with Crippen molar-refractivity contribution in [3.05, 3.63) is 24.3 Å². The van der Waals surface area contributed by atoms with Crippen molar-refractivity contribution >= 4 is 0 Å². The molecule has 1 unspecified atom stereocenters. The van der Waals surface area contributed by atoms with Crippen LogP contribution in [0.2, 0.25) is 0 Å². The Morgan fingerprint density at radius 1 is 1.41 bits per heavy atom. The molecule has 0 aliphatic carbocycles. The van der Waals surface area contributed by atoms with Crippen molar-refractivity contribution in [2.24, 2.45) is 5.92 Å². The molecule has 0 aromatic carbocycles. The second kappa shape index (κ2) is 7.35. The van der Waals surface area contributed by atoms with Crippen molar-refractivity contribution < 1.29 is 4.74 Å². The molecule has 1 aliphatic rings. The molecule has 1 atom stereocenters. The van der Waals surface area contributed by atoms with Gasteiger partial charge in [0.2, 0.25) is 0 Å². The maximum atomic E-state index is 5.59. The second-order valence-electron chi connectivity index (χ2n) is 4.60. The third-order valence-corrected chi connectivity index (χ3v) is 3.17. The lowest BCUT2D eigenvalue weighted by Crippen LogP contribution is -2.29. The van der Waals surface area contributed by atoms with E-state index in [0.717, 1.165) is 24.6 Å². The van der Waals surface area contributed by atoms with Crippen molar-refractivity contribution in [3.8, 4) is 0 Å². The van der Waals surface area contributed by atoms with E-state index in [2.05, 4.69) is 15.3 Å². The molecule has 2 heterocycles. The minimum Gasteiger partial charge on any atom is -0.375 e. The summed E-state index contributed by atoms with van der Waals surface area (Å²) < 4.78 is 5.59. The van der Waals surface area contributed by atoms with E-state index in [1.54, 1.807) is 18.6 Å². The van der Waals surface area contributed by atoms with Crippen LogP contribution in [0.25, 0.3) is 0 Å². The van der Waals surface area contributed by atoms with Gasteiger partial charge in [-0.3, -0.25) is 9.97 Å². The molecule has 0 bridgehead atoms. The molecule has 1 aromatic heterocycles. The normalized spacial score (nSPS) is 20.4. The highest BCUT2D eigenvalue weighted by atomic mass is 16.5. The van der Waals surface area contributed by atoms with E-state index in [1.165, 1.54) is 32.4 Å². The Kier molecular flexibility index (Phi) is 5.39. The fourth-order valence-electron chi connectivity index (χ4n) is 2.23. The number of piperidine rings is 1. The van der Waals surface area contributed by atoms with Crippen LogP contribution >= 0.6 is 0 Å². The van der Waals surface area contributed by atoms with Gasteiger partial charge in [-0.2, -0.15) is 0 Å². The summed E-state index contributed by atoms with van der Waals surface area (Å²) in [6.07, 6.45) is 10.2. The molecule has 1 N–H and O–H groups in total. The molecule has 17 heavy (non-hydrogen) atoms. The molecule has 0 spiro atoms. The standard InChI is InChI=1S/C13H21N3O/c1-3-12(9-14-5-1)4-2-8-17-11-13-10-15-6-7-16-13/h6-7,10,12,14H,1-5,8-9,11H2. The zero-order valence-electron chi connectivity index (χ0n) is 10.3. The molecule has 4 heteroatoms. The fraction of sp³-hybridized carbons (Fsp3) is 0.692. The number of aromatic nitrogens is 2. The summed E-state index contributed by atoms with van der Waals surface area (Å²) in [6, 6.07) is 0. The van der Waals surface area contributed by atoms with Crippen molar-refractivity contribution in [3.63, 3.8) is 0 Å². The predicted octanol–water partition coefficient (Wildman–Crippen LogP) is 1.77. The number of nitrogens with one attached hydrogen (secondary N) is 1. The largest absolute Gasteiger partial charge is 0.375 e. The maximum Gasteiger partial charge on any atom is 0.0903 e. The molecule has 0 amide bonds. The van der Waals surface area contributed by atoms with Crippen LogP contribution in [0, 0.1) is 5.92 Å². The van der Waals surface area contributed by atoms with Gasteiger partial charge in [-0.05, 0) is 44.7 Å². The Labute approximate surface area is 103 Å². The van der Waals surface area contributed by atoms with E-state index < -0.39 is 0 Å². The lowest BCUT2D eigenvalue weighted by Gasteiger charge is -2.22. The molecule has 1 saturated heterocycles. The first kappa shape index (κ1) is 12.5. The molecule has 0 saturated carbocycles. The molecular weight excluding hydrogens is 214 g/mol. The van der Waals surface area contributed by atoms with E-state index >= 15 is 0 Å². The highest BCUT2D eigenvalue weighted by Gasteiger charge is 2.11. The van der Waals surface area contributed by atoms with Gasteiger partial charge in [0.05, 0.1) is 18.5 Å². The molecule has 2 rings (SSSR count). The van der Waals surface area contributed by atoms with E-state index in [1.807, 2.05) is 0 Å². The summed E-state index contributed by atoms with van der Waals surface area (Å²) in [6.45, 7) is 3.79. The Morgan fingerprint density at radius 3 is 3.18 bits per heavy atom. The SMILES string of the molecule is c1cnc(COCCCC2CCCNC2)cn1. The van der Waals surface area contributed by atoms with Crippen LogP contribution in [0.4, 0.5) is 0 Å². The van der Waals surface area contributed by atoms with Gasteiger partial charge in [0.25, 0.3) is 0 Å². The van der Waals surface area contributed by atoms with Crippen molar-refractivity contribution in [1.82, 2.24) is 15.3 Å². The topological polar surface area (TPSA) is 47.0 Å². The van der Waals surface area contributed by atoms with Crippen molar-refractivity contribution in [2.45, 2.75) is 32.3 Å². The highest BCUT2D eigenvalue weighted by molar-refractivity contribution is 4.91. The van der Waals surface area contributed by atoms with Crippen LogP contribution in [-0.4, -0.2) is 29.7 Å². The third-order valence-electron chi connectivity index (χ3n) is 3.17. The van der Waals surface area contributed by atoms with Gasteiger partial charge in [0.15, 0.2) is 0 Å². The van der Waals surface area contributed by atoms with Crippen LogP contribution in [0.1, 0.15) is 31.4 Å². The summed E-state index contributed by atoms with van der Waals surface area (Å²) >= 11 is 0. The van der Waals surface area contributed by atoms with E-state index in [9.17, 15) is 0 Å². The van der Waals surface area contributed by atoms with Gasteiger partial charge in [-0.15, -0.1) is 0 Å². The van der Waals surface area contributed by atoms with Gasteiger partial charge in [0.1, 0.15) is 0 Å². The first-order valence-corrected chi connectivity index (χ1v) is 6.48. The van der Waals surface area contributed by atoms with Crippen LogP contribution in [0.3, 0.4) is 0 Å². The van der Waals surface area contributed by atoms with Gasteiger partial charge in [-0.25, -0.2) is 0 Å². The van der Waals surface area contributed by atoms with Crippen molar-refractivity contribution in [1.29, 1.82) is 0 Å². The predicted molar refractivity (Wildman–Crippen MR) is 66.5 cm³/mol. The van der Waals surface area contributed by atoms with Gasteiger partial charge >= 0.3 is 0 Å². The van der Waals surface area contributed by atoms with E-state index in [0.29, 0.717) is 6.61 Å². The quantitative estimate of drug-likeness (QED) is 0.763. The molecule has 1 aromatic rings. The Bertz CT molecular complexity index is 299. The number of ether oxygens (including phenoxy) is 1. The first-order chi connectivity index (χ1) is 8.45. The minimum atomic E-state index is 0.580. The van der Waals surface area contributed by atoms with Crippen LogP contribution in [-0.2, 0) is 11.3 Å². The van der Waals surface area contributed by atoms with Gasteiger partial charge in [0, 0.05) is 19.0 Å². The lowest BCUT2D eigenvalue weighted by molar-refractivity contribution is 0.110. The number of rotatable bonds is 6. The monoisotopic (exact) mass is 235 g/mol. The van der Waals surface area contributed by atoms with Crippen LogP contribution in [0.5, 0.6) is 0 Å². The Morgan fingerprint density at radius 2 is 2.41 bits per heavy atom. The summed E-state index contributed by atoms with van der Waals surface area (Å²) in [5, 5.41) is 3.44. The zero-order valence-corrected chi connectivity index (χ0v) is 10.3. The number of hydrogen-bond donors (Lipinski definition) is 1. The molecule has 0 radical (unpaired) electrons. The van der Waals surface area contributed by atoms with Crippen LogP contribution < -0.4 is 5.32 Å². The van der Waals surface area contributed by atoms with Crippen molar-refractivity contribution in [2.75, 3.05) is 19.7 Å². The Hall–Kier alpha value is -1.00. The summed E-state index contributed by atoms with van der Waals surface area (Å²) in [4.78, 5) is 8.17. The average molecular weight is 235 g/mol. The molecular formula is C13H21N3O. The smallest absolute Gasteiger partial charge is 0.0903 e. The summed E-state index contributed by atoms with van der Waals surface area (Å²) in [5.41, 5.74) is 0.909. The summed E-state index contributed by atoms with van der Waals surface area (Å²) in [7, 11) is 0. The molecule has 1 fully saturated rings. The van der Waals surface area contributed by atoms with Crippen LogP contribution in [0.15, 0.2) is 18.6 Å². The second-order valence-corrected chi connectivity index (χ2v) is 4.60. The zero-order chi connectivity index (χ0) is 11.8. The molecule has 94 valence electrons. The Balaban J connectivity index is 1.51. The van der Waals surface area contributed by atoms with E-state index in [4.69, 9.17) is 4.74 Å². The minimum absolute atomic E-state index is 0.580. The first-order valence-electron chi connectivity index (χ1n) is 6.48. The molecule has 1 aliphatic heterocycles. The maximum absolute atomic E-state index is 5.59.